The molecule has 1 aliphatic rings. The fourth-order valence-corrected chi connectivity index (χ4v) is 3.17. The fraction of sp³-hybridized carbons (Fsp3) is 0.600. The van der Waals surface area contributed by atoms with Crippen LogP contribution >= 0.6 is 11.6 Å². The quantitative estimate of drug-likeness (QED) is 0.865. The molecule has 18 heavy (non-hydrogen) atoms. The lowest BCUT2D eigenvalue weighted by molar-refractivity contribution is 0.268. The Labute approximate surface area is 115 Å². The lowest BCUT2D eigenvalue weighted by Crippen LogP contribution is -2.37. The molecule has 1 saturated carbocycles. The first-order valence-electron chi connectivity index (χ1n) is 6.72. The van der Waals surface area contributed by atoms with Gasteiger partial charge in [-0.2, -0.15) is 0 Å². The average Bonchev–Trinajstić information content (AvgIpc) is 2.34. The molecule has 100 valence electrons. The maximum absolute atomic E-state index is 6.15. The van der Waals surface area contributed by atoms with Crippen molar-refractivity contribution in [2.75, 3.05) is 12.4 Å². The molecule has 2 nitrogen and oxygen atoms in total. The standard InChI is InChI=1S/C15H22ClNO/c1-10-5-4-6-11(2)15(10)17-12-7-8-14(18-3)13(16)9-12/h7-11,15,17H,4-6H2,1-3H3. The predicted molar refractivity (Wildman–Crippen MR) is 77.6 cm³/mol. The summed E-state index contributed by atoms with van der Waals surface area (Å²) in [5.74, 6) is 2.16. The van der Waals surface area contributed by atoms with Crippen molar-refractivity contribution in [3.05, 3.63) is 23.2 Å². The maximum atomic E-state index is 6.15. The highest BCUT2D eigenvalue weighted by Crippen LogP contribution is 2.33. The lowest BCUT2D eigenvalue weighted by Gasteiger charge is -2.36. The molecule has 1 aromatic rings. The van der Waals surface area contributed by atoms with Crippen molar-refractivity contribution >= 4 is 17.3 Å². The van der Waals surface area contributed by atoms with E-state index in [9.17, 15) is 0 Å². The summed E-state index contributed by atoms with van der Waals surface area (Å²) in [6.45, 7) is 4.66. The minimum atomic E-state index is 0.545. The number of rotatable bonds is 3. The fourth-order valence-electron chi connectivity index (χ4n) is 2.91. The van der Waals surface area contributed by atoms with Crippen LogP contribution in [0.1, 0.15) is 33.1 Å². The zero-order valence-corrected chi connectivity index (χ0v) is 12.1. The number of anilines is 1. The molecule has 0 amide bonds. The number of hydrogen-bond acceptors (Lipinski definition) is 2. The molecule has 0 aliphatic heterocycles. The van der Waals surface area contributed by atoms with Crippen LogP contribution in [0.2, 0.25) is 5.02 Å². The monoisotopic (exact) mass is 267 g/mol. The topological polar surface area (TPSA) is 21.3 Å². The molecule has 1 aromatic carbocycles. The smallest absolute Gasteiger partial charge is 0.137 e. The van der Waals surface area contributed by atoms with Crippen molar-refractivity contribution in [1.82, 2.24) is 0 Å². The van der Waals surface area contributed by atoms with Gasteiger partial charge in [0.15, 0.2) is 0 Å². The number of nitrogens with one attached hydrogen (secondary N) is 1. The van der Waals surface area contributed by atoms with E-state index in [0.29, 0.717) is 11.1 Å². The van der Waals surface area contributed by atoms with E-state index in [1.54, 1.807) is 7.11 Å². The zero-order chi connectivity index (χ0) is 13.1. The molecule has 2 atom stereocenters. The molecule has 2 rings (SSSR count). The Hall–Kier alpha value is -0.890. The Morgan fingerprint density at radius 3 is 2.44 bits per heavy atom. The van der Waals surface area contributed by atoms with E-state index in [-0.39, 0.29) is 0 Å². The van der Waals surface area contributed by atoms with Crippen molar-refractivity contribution in [1.29, 1.82) is 0 Å². The van der Waals surface area contributed by atoms with E-state index < -0.39 is 0 Å². The third kappa shape index (κ3) is 2.92. The Morgan fingerprint density at radius 1 is 1.22 bits per heavy atom. The third-order valence-corrected chi connectivity index (χ3v) is 4.33. The Kier molecular flexibility index (Phi) is 4.39. The SMILES string of the molecule is COc1ccc(NC2C(C)CCCC2C)cc1Cl. The summed E-state index contributed by atoms with van der Waals surface area (Å²) in [5.41, 5.74) is 1.09. The zero-order valence-electron chi connectivity index (χ0n) is 11.4. The molecular weight excluding hydrogens is 246 g/mol. The minimum absolute atomic E-state index is 0.545. The molecule has 0 saturated heterocycles. The molecule has 3 heteroatoms. The van der Waals surface area contributed by atoms with E-state index in [1.165, 1.54) is 19.3 Å². The molecule has 0 heterocycles. The predicted octanol–water partition coefficient (Wildman–Crippen LogP) is 4.59. The summed E-state index contributed by atoms with van der Waals surface area (Å²) in [4.78, 5) is 0. The van der Waals surface area contributed by atoms with Gasteiger partial charge in [0.05, 0.1) is 12.1 Å². The van der Waals surface area contributed by atoms with E-state index in [4.69, 9.17) is 16.3 Å². The van der Waals surface area contributed by atoms with Gasteiger partial charge in [-0.15, -0.1) is 0 Å². The van der Waals surface area contributed by atoms with Gasteiger partial charge in [-0.1, -0.05) is 31.9 Å². The van der Waals surface area contributed by atoms with E-state index in [0.717, 1.165) is 23.3 Å². The first-order chi connectivity index (χ1) is 8.61. The van der Waals surface area contributed by atoms with Crippen LogP contribution in [0, 0.1) is 11.8 Å². The number of methoxy groups -OCH3 is 1. The van der Waals surface area contributed by atoms with Gasteiger partial charge in [-0.25, -0.2) is 0 Å². The number of hydrogen-bond donors (Lipinski definition) is 1. The molecule has 1 aliphatic carbocycles. The first-order valence-corrected chi connectivity index (χ1v) is 7.09. The van der Waals surface area contributed by atoms with Crippen LogP contribution in [-0.4, -0.2) is 13.2 Å². The number of benzene rings is 1. The van der Waals surface area contributed by atoms with Crippen molar-refractivity contribution in [3.63, 3.8) is 0 Å². The minimum Gasteiger partial charge on any atom is -0.495 e. The molecule has 2 unspecified atom stereocenters. The van der Waals surface area contributed by atoms with Gasteiger partial charge < -0.3 is 10.1 Å². The van der Waals surface area contributed by atoms with E-state index >= 15 is 0 Å². The van der Waals surface area contributed by atoms with Gasteiger partial charge in [-0.3, -0.25) is 0 Å². The van der Waals surface area contributed by atoms with Gasteiger partial charge in [0.1, 0.15) is 5.75 Å². The van der Waals surface area contributed by atoms with Crippen LogP contribution in [0.25, 0.3) is 0 Å². The summed E-state index contributed by atoms with van der Waals surface area (Å²) in [7, 11) is 1.64. The summed E-state index contributed by atoms with van der Waals surface area (Å²) >= 11 is 6.15. The van der Waals surface area contributed by atoms with Crippen molar-refractivity contribution in [3.8, 4) is 5.75 Å². The van der Waals surface area contributed by atoms with Gasteiger partial charge in [0.2, 0.25) is 0 Å². The van der Waals surface area contributed by atoms with Gasteiger partial charge in [0, 0.05) is 11.7 Å². The lowest BCUT2D eigenvalue weighted by atomic mass is 9.78. The highest BCUT2D eigenvalue weighted by molar-refractivity contribution is 6.32. The van der Waals surface area contributed by atoms with Gasteiger partial charge in [0.25, 0.3) is 0 Å². The molecular formula is C15H22ClNO. The molecule has 1 N–H and O–H groups in total. The van der Waals surface area contributed by atoms with Crippen LogP contribution in [0.15, 0.2) is 18.2 Å². The summed E-state index contributed by atoms with van der Waals surface area (Å²) < 4.78 is 5.17. The summed E-state index contributed by atoms with van der Waals surface area (Å²) in [6.07, 6.45) is 3.97. The molecule has 0 bridgehead atoms. The number of halogens is 1. The highest BCUT2D eigenvalue weighted by Gasteiger charge is 2.27. The van der Waals surface area contributed by atoms with Crippen molar-refractivity contribution in [2.24, 2.45) is 11.8 Å². The third-order valence-electron chi connectivity index (χ3n) is 4.03. The molecule has 0 radical (unpaired) electrons. The van der Waals surface area contributed by atoms with Crippen LogP contribution in [0.3, 0.4) is 0 Å². The largest absolute Gasteiger partial charge is 0.495 e. The highest BCUT2D eigenvalue weighted by atomic mass is 35.5. The van der Waals surface area contributed by atoms with Crippen molar-refractivity contribution < 1.29 is 4.74 Å². The average molecular weight is 268 g/mol. The molecule has 0 aromatic heterocycles. The molecule has 1 fully saturated rings. The van der Waals surface area contributed by atoms with Crippen LogP contribution in [0.4, 0.5) is 5.69 Å². The summed E-state index contributed by atoms with van der Waals surface area (Å²) in [5, 5.41) is 4.30. The number of ether oxygens (including phenoxy) is 1. The van der Waals surface area contributed by atoms with E-state index in [1.807, 2.05) is 18.2 Å². The second-order valence-corrected chi connectivity index (χ2v) is 5.81. The Balaban J connectivity index is 2.10. The Morgan fingerprint density at radius 2 is 1.89 bits per heavy atom. The first kappa shape index (κ1) is 13.5. The van der Waals surface area contributed by atoms with E-state index in [2.05, 4.69) is 19.2 Å². The van der Waals surface area contributed by atoms with Crippen molar-refractivity contribution in [2.45, 2.75) is 39.2 Å². The Bertz CT molecular complexity index is 397. The van der Waals surface area contributed by atoms with Gasteiger partial charge in [-0.05, 0) is 42.9 Å². The van der Waals surface area contributed by atoms with Crippen LogP contribution < -0.4 is 10.1 Å². The molecule has 0 spiro atoms. The normalized spacial score (nSPS) is 27.9. The second-order valence-electron chi connectivity index (χ2n) is 5.40. The second kappa shape index (κ2) is 5.83. The van der Waals surface area contributed by atoms with Gasteiger partial charge >= 0.3 is 0 Å². The van der Waals surface area contributed by atoms with Crippen LogP contribution in [-0.2, 0) is 0 Å². The summed E-state index contributed by atoms with van der Waals surface area (Å²) in [6, 6.07) is 6.46. The van der Waals surface area contributed by atoms with Crippen LogP contribution in [0.5, 0.6) is 5.75 Å². The maximum Gasteiger partial charge on any atom is 0.137 e.